The van der Waals surface area contributed by atoms with Gasteiger partial charge in [-0.3, -0.25) is 9.78 Å². The summed E-state index contributed by atoms with van der Waals surface area (Å²) in [6.07, 6.45) is 1.67. The highest BCUT2D eigenvalue weighted by atomic mass is 35.5. The monoisotopic (exact) mass is 317 g/mol. The maximum Gasteiger partial charge on any atom is 0.263 e. The number of anilines is 1. The van der Waals surface area contributed by atoms with Crippen LogP contribution in [0.15, 0.2) is 42.6 Å². The summed E-state index contributed by atoms with van der Waals surface area (Å²) in [6, 6.07) is 11.1. The van der Waals surface area contributed by atoms with Crippen molar-refractivity contribution in [3.63, 3.8) is 0 Å². The lowest BCUT2D eigenvalue weighted by Gasteiger charge is -2.04. The number of carbonyl (C=O) groups is 1. The number of nitrogen functional groups attached to an aromatic ring is 1. The molecule has 2 heterocycles. The number of pyridine rings is 1. The predicted octanol–water partition coefficient (Wildman–Crippen LogP) is 3.46. The molecular weight excluding hydrogens is 306 g/mol. The van der Waals surface area contributed by atoms with Crippen LogP contribution in [0.3, 0.4) is 0 Å². The van der Waals surface area contributed by atoms with E-state index >= 15 is 0 Å². The van der Waals surface area contributed by atoms with Crippen LogP contribution in [0, 0.1) is 0 Å². The van der Waals surface area contributed by atoms with E-state index < -0.39 is 0 Å². The van der Waals surface area contributed by atoms with E-state index in [9.17, 15) is 4.79 Å². The van der Waals surface area contributed by atoms with Gasteiger partial charge in [-0.05, 0) is 29.8 Å². The second-order valence-electron chi connectivity index (χ2n) is 4.50. The van der Waals surface area contributed by atoms with Crippen LogP contribution in [0.1, 0.15) is 15.2 Å². The van der Waals surface area contributed by atoms with Crippen molar-refractivity contribution in [2.45, 2.75) is 6.54 Å². The average molecular weight is 318 g/mol. The summed E-state index contributed by atoms with van der Waals surface area (Å²) in [5.74, 6) is -0.189. The van der Waals surface area contributed by atoms with Crippen LogP contribution < -0.4 is 11.1 Å². The molecule has 6 heteroatoms. The van der Waals surface area contributed by atoms with E-state index in [2.05, 4.69) is 10.3 Å². The number of nitrogens with one attached hydrogen (secondary N) is 1. The fraction of sp³-hybridized carbons (Fsp3) is 0.0667. The fourth-order valence-corrected chi connectivity index (χ4v) is 3.10. The van der Waals surface area contributed by atoms with Crippen molar-refractivity contribution >= 4 is 44.7 Å². The zero-order valence-corrected chi connectivity index (χ0v) is 12.5. The predicted molar refractivity (Wildman–Crippen MR) is 86.7 cm³/mol. The molecule has 0 aliphatic carbocycles. The van der Waals surface area contributed by atoms with Gasteiger partial charge in [0.15, 0.2) is 0 Å². The quantitative estimate of drug-likeness (QED) is 0.777. The van der Waals surface area contributed by atoms with Crippen LogP contribution >= 0.6 is 22.9 Å². The first-order valence-corrected chi connectivity index (χ1v) is 7.50. The van der Waals surface area contributed by atoms with Crippen molar-refractivity contribution in [3.05, 3.63) is 58.1 Å². The maximum atomic E-state index is 12.2. The summed E-state index contributed by atoms with van der Waals surface area (Å²) >= 11 is 7.18. The molecule has 0 unspecified atom stereocenters. The van der Waals surface area contributed by atoms with Crippen molar-refractivity contribution in [2.75, 3.05) is 5.73 Å². The fourth-order valence-electron chi connectivity index (χ4n) is 1.98. The molecule has 1 amide bonds. The lowest BCUT2D eigenvalue weighted by Crippen LogP contribution is -2.22. The molecule has 0 bridgehead atoms. The molecule has 3 N–H and O–H groups in total. The molecule has 0 atom stereocenters. The van der Waals surface area contributed by atoms with Gasteiger partial charge in [0, 0.05) is 17.8 Å². The first-order valence-electron chi connectivity index (χ1n) is 6.31. The van der Waals surface area contributed by atoms with Crippen LogP contribution in [-0.4, -0.2) is 10.9 Å². The van der Waals surface area contributed by atoms with E-state index in [1.54, 1.807) is 18.3 Å². The number of nitrogens with two attached hydrogens (primary N) is 1. The van der Waals surface area contributed by atoms with Gasteiger partial charge in [-0.2, -0.15) is 0 Å². The molecule has 0 saturated carbocycles. The highest BCUT2D eigenvalue weighted by Gasteiger charge is 2.16. The van der Waals surface area contributed by atoms with E-state index in [0.717, 1.165) is 10.3 Å². The Morgan fingerprint density at radius 1 is 1.29 bits per heavy atom. The molecular formula is C15H12ClN3OS. The molecule has 4 nitrogen and oxygen atoms in total. The summed E-state index contributed by atoms with van der Waals surface area (Å²) in [6.45, 7) is 0.428. The number of nitrogens with zero attached hydrogens (tertiary/aromatic N) is 1. The van der Waals surface area contributed by atoms with Crippen molar-refractivity contribution in [3.8, 4) is 0 Å². The zero-order chi connectivity index (χ0) is 14.8. The highest BCUT2D eigenvalue weighted by Crippen LogP contribution is 2.31. The Morgan fingerprint density at radius 3 is 2.76 bits per heavy atom. The Hall–Kier alpha value is -2.11. The molecule has 0 radical (unpaired) electrons. The summed E-state index contributed by atoms with van der Waals surface area (Å²) < 4.78 is 0.909. The van der Waals surface area contributed by atoms with E-state index in [1.807, 2.05) is 24.3 Å². The Kier molecular flexibility index (Phi) is 3.77. The summed E-state index contributed by atoms with van der Waals surface area (Å²) in [7, 11) is 0. The van der Waals surface area contributed by atoms with Crippen molar-refractivity contribution in [1.82, 2.24) is 10.3 Å². The molecule has 3 rings (SSSR count). The number of fused-ring (bicyclic) bond motifs is 1. The van der Waals surface area contributed by atoms with Gasteiger partial charge < -0.3 is 11.1 Å². The average Bonchev–Trinajstić information content (AvgIpc) is 2.84. The standard InChI is InChI=1S/C15H12ClN3OS/c16-10-5-3-9(4-6-10)8-19-15(20)14-12(17)13-11(21-14)2-1-7-18-13/h1-7H,8,17H2,(H,19,20). The first kappa shape index (κ1) is 13.9. The Morgan fingerprint density at radius 2 is 2.05 bits per heavy atom. The molecule has 0 saturated heterocycles. The Labute approximate surface area is 130 Å². The topological polar surface area (TPSA) is 68.0 Å². The largest absolute Gasteiger partial charge is 0.396 e. The number of thiophene rings is 1. The zero-order valence-electron chi connectivity index (χ0n) is 11.0. The molecule has 106 valence electrons. The molecule has 0 spiro atoms. The molecule has 0 aliphatic rings. The van der Waals surface area contributed by atoms with Crippen LogP contribution in [-0.2, 0) is 6.54 Å². The van der Waals surface area contributed by atoms with E-state index in [1.165, 1.54) is 11.3 Å². The Bertz CT molecular complexity index is 798. The van der Waals surface area contributed by atoms with Gasteiger partial charge in [-0.1, -0.05) is 23.7 Å². The van der Waals surface area contributed by atoms with Crippen LogP contribution in [0.4, 0.5) is 5.69 Å². The highest BCUT2D eigenvalue weighted by molar-refractivity contribution is 7.21. The minimum atomic E-state index is -0.189. The van der Waals surface area contributed by atoms with Gasteiger partial charge in [0.25, 0.3) is 5.91 Å². The number of rotatable bonds is 3. The molecule has 2 aromatic heterocycles. The number of hydrogen-bond donors (Lipinski definition) is 2. The molecule has 0 aliphatic heterocycles. The number of hydrogen-bond acceptors (Lipinski definition) is 4. The third-order valence-corrected chi connectivity index (χ3v) is 4.47. The minimum Gasteiger partial charge on any atom is -0.396 e. The third kappa shape index (κ3) is 2.84. The van der Waals surface area contributed by atoms with E-state index in [4.69, 9.17) is 17.3 Å². The summed E-state index contributed by atoms with van der Waals surface area (Å²) in [5, 5.41) is 3.53. The van der Waals surface area contributed by atoms with Gasteiger partial charge in [0.1, 0.15) is 10.4 Å². The molecule has 0 fully saturated rings. The molecule has 1 aromatic carbocycles. The van der Waals surface area contributed by atoms with Crippen LogP contribution in [0.2, 0.25) is 5.02 Å². The van der Waals surface area contributed by atoms with Crippen molar-refractivity contribution in [2.24, 2.45) is 0 Å². The number of benzene rings is 1. The SMILES string of the molecule is Nc1c(C(=O)NCc2ccc(Cl)cc2)sc2cccnc12. The van der Waals surface area contributed by atoms with Crippen molar-refractivity contribution in [1.29, 1.82) is 0 Å². The molecule has 3 aromatic rings. The smallest absolute Gasteiger partial charge is 0.263 e. The number of halogens is 1. The second-order valence-corrected chi connectivity index (χ2v) is 5.99. The van der Waals surface area contributed by atoms with Crippen LogP contribution in [0.5, 0.6) is 0 Å². The van der Waals surface area contributed by atoms with E-state index in [0.29, 0.717) is 27.6 Å². The normalized spacial score (nSPS) is 10.7. The van der Waals surface area contributed by atoms with Gasteiger partial charge in [0.05, 0.1) is 10.4 Å². The van der Waals surface area contributed by atoms with Gasteiger partial charge >= 0.3 is 0 Å². The molecule has 21 heavy (non-hydrogen) atoms. The van der Waals surface area contributed by atoms with Gasteiger partial charge in [0.2, 0.25) is 0 Å². The lowest BCUT2D eigenvalue weighted by molar-refractivity contribution is 0.0956. The summed E-state index contributed by atoms with van der Waals surface area (Å²) in [4.78, 5) is 16.9. The number of amides is 1. The first-order chi connectivity index (χ1) is 10.1. The van der Waals surface area contributed by atoms with E-state index in [-0.39, 0.29) is 5.91 Å². The minimum absolute atomic E-state index is 0.189. The van der Waals surface area contributed by atoms with Gasteiger partial charge in [-0.15, -0.1) is 11.3 Å². The summed E-state index contributed by atoms with van der Waals surface area (Å²) in [5.41, 5.74) is 8.09. The lowest BCUT2D eigenvalue weighted by atomic mass is 10.2. The number of carbonyl (C=O) groups excluding carboxylic acids is 1. The van der Waals surface area contributed by atoms with Crippen LogP contribution in [0.25, 0.3) is 10.2 Å². The third-order valence-electron chi connectivity index (χ3n) is 3.06. The van der Waals surface area contributed by atoms with Crippen molar-refractivity contribution < 1.29 is 4.79 Å². The number of aromatic nitrogens is 1. The van der Waals surface area contributed by atoms with Gasteiger partial charge in [-0.25, -0.2) is 0 Å². The Balaban J connectivity index is 1.78. The maximum absolute atomic E-state index is 12.2. The second kappa shape index (κ2) is 5.71.